The first-order chi connectivity index (χ1) is 6.65. The summed E-state index contributed by atoms with van der Waals surface area (Å²) in [5.74, 6) is 0.435. The van der Waals surface area contributed by atoms with Crippen LogP contribution in [0.15, 0.2) is 0 Å². The molecule has 0 bridgehead atoms. The van der Waals surface area contributed by atoms with Crippen LogP contribution < -0.4 is 5.32 Å². The fraction of sp³-hybridized carbons (Fsp3) is 0.909. The van der Waals surface area contributed by atoms with E-state index < -0.39 is 0 Å². The van der Waals surface area contributed by atoms with E-state index in [0.29, 0.717) is 5.78 Å². The third kappa shape index (κ3) is 3.07. The van der Waals surface area contributed by atoms with Crippen LogP contribution in [0, 0.1) is 5.92 Å². The Morgan fingerprint density at radius 1 is 1.57 bits per heavy atom. The fourth-order valence-electron chi connectivity index (χ4n) is 1.73. The Hall–Kier alpha value is -0.410. The summed E-state index contributed by atoms with van der Waals surface area (Å²) in [4.78, 5) is 11.6. The number of hydrogen-bond donors (Lipinski definition) is 1. The Kier molecular flexibility index (Phi) is 4.55. The largest absolute Gasteiger partial charge is 0.377 e. The summed E-state index contributed by atoms with van der Waals surface area (Å²) in [6, 6.07) is 0.0249. The first-order valence-corrected chi connectivity index (χ1v) is 5.53. The van der Waals surface area contributed by atoms with E-state index in [9.17, 15) is 4.79 Å². The van der Waals surface area contributed by atoms with Gasteiger partial charge in [-0.05, 0) is 12.8 Å². The molecule has 0 spiro atoms. The van der Waals surface area contributed by atoms with Crippen LogP contribution >= 0.6 is 0 Å². The number of carbonyl (C=O) groups is 1. The van der Waals surface area contributed by atoms with Gasteiger partial charge in [-0.25, -0.2) is 0 Å². The fourth-order valence-corrected chi connectivity index (χ4v) is 1.73. The molecule has 1 saturated heterocycles. The molecule has 0 aromatic rings. The van der Waals surface area contributed by atoms with Crippen molar-refractivity contribution in [2.75, 3.05) is 13.2 Å². The lowest BCUT2D eigenvalue weighted by atomic mass is 10.0. The molecule has 1 aliphatic rings. The van der Waals surface area contributed by atoms with E-state index in [-0.39, 0.29) is 18.1 Å². The number of nitrogens with one attached hydrogen (secondary N) is 1. The highest BCUT2D eigenvalue weighted by molar-refractivity contribution is 5.86. The Morgan fingerprint density at radius 2 is 2.29 bits per heavy atom. The Labute approximate surface area is 86.2 Å². The van der Waals surface area contributed by atoms with Gasteiger partial charge in [0.05, 0.1) is 12.1 Å². The summed E-state index contributed by atoms with van der Waals surface area (Å²) in [7, 11) is 0. The number of carbonyl (C=O) groups excluding carboxylic acids is 1. The van der Waals surface area contributed by atoms with Crippen molar-refractivity contribution in [1.29, 1.82) is 0 Å². The maximum absolute atomic E-state index is 11.6. The van der Waals surface area contributed by atoms with E-state index in [1.54, 1.807) is 0 Å². The van der Waals surface area contributed by atoms with Crippen molar-refractivity contribution in [3.63, 3.8) is 0 Å². The summed E-state index contributed by atoms with van der Waals surface area (Å²) >= 11 is 0. The second-order valence-corrected chi connectivity index (χ2v) is 4.25. The van der Waals surface area contributed by atoms with Crippen LogP contribution in [0.2, 0.25) is 0 Å². The van der Waals surface area contributed by atoms with Crippen LogP contribution in [0.3, 0.4) is 0 Å². The average Bonchev–Trinajstić information content (AvgIpc) is 2.61. The van der Waals surface area contributed by atoms with Crippen LogP contribution in [0.1, 0.15) is 33.6 Å². The molecule has 3 nitrogen and oxygen atoms in total. The minimum atomic E-state index is 0.0249. The smallest absolute Gasteiger partial charge is 0.152 e. The van der Waals surface area contributed by atoms with Gasteiger partial charge in [0.15, 0.2) is 5.78 Å². The molecule has 1 aliphatic heterocycles. The van der Waals surface area contributed by atoms with Gasteiger partial charge in [-0.1, -0.05) is 20.8 Å². The van der Waals surface area contributed by atoms with Crippen molar-refractivity contribution in [1.82, 2.24) is 5.32 Å². The van der Waals surface area contributed by atoms with Gasteiger partial charge in [0.1, 0.15) is 0 Å². The molecule has 1 N–H and O–H groups in total. The molecule has 1 heterocycles. The number of rotatable bonds is 5. The second-order valence-electron chi connectivity index (χ2n) is 4.25. The minimum Gasteiger partial charge on any atom is -0.377 e. The molecular formula is C11H21NO2. The Balaban J connectivity index is 2.30. The number of hydrogen-bond acceptors (Lipinski definition) is 3. The summed E-state index contributed by atoms with van der Waals surface area (Å²) < 4.78 is 5.60. The van der Waals surface area contributed by atoms with Gasteiger partial charge >= 0.3 is 0 Å². The van der Waals surface area contributed by atoms with Crippen LogP contribution in [-0.4, -0.2) is 31.1 Å². The zero-order valence-corrected chi connectivity index (χ0v) is 9.38. The Bertz CT molecular complexity index is 192. The first kappa shape index (κ1) is 11.7. The molecular weight excluding hydrogens is 178 g/mol. The topological polar surface area (TPSA) is 38.3 Å². The van der Waals surface area contributed by atoms with Crippen LogP contribution in [0.4, 0.5) is 0 Å². The van der Waals surface area contributed by atoms with Gasteiger partial charge in [0.2, 0.25) is 0 Å². The SMILES string of the molecule is CCCOC1CNC(C(=O)C(C)C)C1. The second kappa shape index (κ2) is 5.47. The van der Waals surface area contributed by atoms with Crippen LogP contribution in [-0.2, 0) is 9.53 Å². The first-order valence-electron chi connectivity index (χ1n) is 5.53. The highest BCUT2D eigenvalue weighted by atomic mass is 16.5. The van der Waals surface area contributed by atoms with E-state index in [1.165, 1.54) is 0 Å². The van der Waals surface area contributed by atoms with Crippen LogP contribution in [0.5, 0.6) is 0 Å². The van der Waals surface area contributed by atoms with E-state index in [2.05, 4.69) is 12.2 Å². The normalized spacial score (nSPS) is 27.1. The molecule has 14 heavy (non-hydrogen) atoms. The minimum absolute atomic E-state index is 0.0249. The van der Waals surface area contributed by atoms with E-state index in [1.807, 2.05) is 13.8 Å². The van der Waals surface area contributed by atoms with Gasteiger partial charge in [0.25, 0.3) is 0 Å². The quantitative estimate of drug-likeness (QED) is 0.726. The Morgan fingerprint density at radius 3 is 2.86 bits per heavy atom. The third-order valence-corrected chi connectivity index (χ3v) is 2.56. The number of ether oxygens (including phenoxy) is 1. The highest BCUT2D eigenvalue weighted by Crippen LogP contribution is 2.14. The lowest BCUT2D eigenvalue weighted by Crippen LogP contribution is -2.33. The van der Waals surface area contributed by atoms with E-state index >= 15 is 0 Å². The maximum atomic E-state index is 11.6. The van der Waals surface area contributed by atoms with Crippen molar-refractivity contribution < 1.29 is 9.53 Å². The van der Waals surface area contributed by atoms with E-state index in [4.69, 9.17) is 4.74 Å². The van der Waals surface area contributed by atoms with Crippen molar-refractivity contribution >= 4 is 5.78 Å². The molecule has 0 amide bonds. The van der Waals surface area contributed by atoms with Crippen molar-refractivity contribution in [2.45, 2.75) is 45.8 Å². The van der Waals surface area contributed by atoms with Crippen molar-refractivity contribution in [3.8, 4) is 0 Å². The molecule has 0 radical (unpaired) electrons. The van der Waals surface area contributed by atoms with Crippen molar-refractivity contribution in [3.05, 3.63) is 0 Å². The molecule has 0 aromatic heterocycles. The van der Waals surface area contributed by atoms with Crippen LogP contribution in [0.25, 0.3) is 0 Å². The summed E-state index contributed by atoms with van der Waals surface area (Å²) in [6.45, 7) is 7.62. The van der Waals surface area contributed by atoms with Gasteiger partial charge in [0, 0.05) is 19.1 Å². The average molecular weight is 199 g/mol. The zero-order chi connectivity index (χ0) is 10.6. The molecule has 82 valence electrons. The molecule has 0 saturated carbocycles. The van der Waals surface area contributed by atoms with Crippen molar-refractivity contribution in [2.24, 2.45) is 5.92 Å². The van der Waals surface area contributed by atoms with E-state index in [0.717, 1.165) is 26.0 Å². The lowest BCUT2D eigenvalue weighted by Gasteiger charge is -2.12. The lowest BCUT2D eigenvalue weighted by molar-refractivity contribution is -0.123. The maximum Gasteiger partial charge on any atom is 0.152 e. The molecule has 2 unspecified atom stereocenters. The van der Waals surface area contributed by atoms with Gasteiger partial charge in [-0.3, -0.25) is 4.79 Å². The number of ketones is 1. The highest BCUT2D eigenvalue weighted by Gasteiger charge is 2.30. The van der Waals surface area contributed by atoms with Gasteiger partial charge in [-0.2, -0.15) is 0 Å². The molecule has 1 fully saturated rings. The standard InChI is InChI=1S/C11H21NO2/c1-4-5-14-9-6-10(12-7-9)11(13)8(2)3/h8-10,12H,4-7H2,1-3H3. The zero-order valence-electron chi connectivity index (χ0n) is 9.38. The monoisotopic (exact) mass is 199 g/mol. The molecule has 3 heteroatoms. The molecule has 0 aromatic carbocycles. The summed E-state index contributed by atoms with van der Waals surface area (Å²) in [5, 5.41) is 3.22. The molecule has 0 aliphatic carbocycles. The van der Waals surface area contributed by atoms with Gasteiger partial charge < -0.3 is 10.1 Å². The molecule has 2 atom stereocenters. The summed E-state index contributed by atoms with van der Waals surface area (Å²) in [5.41, 5.74) is 0. The summed E-state index contributed by atoms with van der Waals surface area (Å²) in [6.07, 6.45) is 2.12. The molecule has 1 rings (SSSR count). The van der Waals surface area contributed by atoms with Gasteiger partial charge in [-0.15, -0.1) is 0 Å². The number of Topliss-reactive ketones (excluding diaryl/α,β-unsaturated/α-hetero) is 1. The predicted octanol–water partition coefficient (Wildman–Crippen LogP) is 1.37. The predicted molar refractivity (Wildman–Crippen MR) is 56.3 cm³/mol. The third-order valence-electron chi connectivity index (χ3n) is 2.56.